The number of carbonyl (C=O) groups excluding carboxylic acids is 1. The summed E-state index contributed by atoms with van der Waals surface area (Å²) in [4.78, 5) is 18.9. The second-order valence-electron chi connectivity index (χ2n) is 5.91. The topological polar surface area (TPSA) is 59.2 Å². The van der Waals surface area contributed by atoms with Crippen LogP contribution in [0.2, 0.25) is 0 Å². The standard InChI is InChI=1S/C17H21N3O2/c1-13-6-5-7-14(10-13)11-16(21)20-9-4-2-3-8-15(20)17-18-12-22-19-17/h5-7,10,12,15H,2-4,8-9,11H2,1H3. The molecule has 0 radical (unpaired) electrons. The average Bonchev–Trinajstić information content (AvgIpc) is 2.91. The predicted molar refractivity (Wildman–Crippen MR) is 82.1 cm³/mol. The van der Waals surface area contributed by atoms with E-state index in [0.29, 0.717) is 12.2 Å². The SMILES string of the molecule is Cc1cccc(CC(=O)N2CCCCCC2c2ncon2)c1. The normalized spacial score (nSPS) is 19.0. The van der Waals surface area contributed by atoms with Crippen molar-refractivity contribution in [2.24, 2.45) is 0 Å². The van der Waals surface area contributed by atoms with Gasteiger partial charge in [0.1, 0.15) is 0 Å². The average molecular weight is 299 g/mol. The number of rotatable bonds is 3. The van der Waals surface area contributed by atoms with E-state index in [-0.39, 0.29) is 11.9 Å². The Morgan fingerprint density at radius 2 is 2.27 bits per heavy atom. The van der Waals surface area contributed by atoms with E-state index in [1.807, 2.05) is 30.0 Å². The highest BCUT2D eigenvalue weighted by Gasteiger charge is 2.29. The van der Waals surface area contributed by atoms with E-state index >= 15 is 0 Å². The smallest absolute Gasteiger partial charge is 0.227 e. The molecule has 0 bridgehead atoms. The molecule has 1 atom stereocenters. The van der Waals surface area contributed by atoms with E-state index in [1.165, 1.54) is 12.0 Å². The zero-order valence-electron chi connectivity index (χ0n) is 12.9. The molecule has 0 aliphatic carbocycles. The van der Waals surface area contributed by atoms with Gasteiger partial charge in [-0.1, -0.05) is 47.8 Å². The van der Waals surface area contributed by atoms with Crippen LogP contribution in [0.25, 0.3) is 0 Å². The van der Waals surface area contributed by atoms with Crippen LogP contribution < -0.4 is 0 Å². The molecule has 1 aromatic carbocycles. The van der Waals surface area contributed by atoms with Gasteiger partial charge >= 0.3 is 0 Å². The van der Waals surface area contributed by atoms with Crippen molar-refractivity contribution in [2.75, 3.05) is 6.54 Å². The van der Waals surface area contributed by atoms with Crippen LogP contribution in [0, 0.1) is 6.92 Å². The molecular weight excluding hydrogens is 278 g/mol. The Hall–Kier alpha value is -2.17. The van der Waals surface area contributed by atoms with Crippen LogP contribution in [-0.2, 0) is 11.2 Å². The number of hydrogen-bond acceptors (Lipinski definition) is 4. The minimum Gasteiger partial charge on any atom is -0.343 e. The minimum atomic E-state index is -0.0569. The van der Waals surface area contributed by atoms with Gasteiger partial charge in [-0.05, 0) is 25.3 Å². The predicted octanol–water partition coefficient (Wildman–Crippen LogP) is 3.06. The van der Waals surface area contributed by atoms with Gasteiger partial charge in [-0.3, -0.25) is 4.79 Å². The molecule has 1 amide bonds. The maximum absolute atomic E-state index is 12.8. The molecule has 0 spiro atoms. The third kappa shape index (κ3) is 3.35. The first-order chi connectivity index (χ1) is 10.7. The Labute approximate surface area is 130 Å². The Morgan fingerprint density at radius 3 is 3.05 bits per heavy atom. The number of aryl methyl sites for hydroxylation is 1. The van der Waals surface area contributed by atoms with Crippen LogP contribution in [0.5, 0.6) is 0 Å². The van der Waals surface area contributed by atoms with Crippen LogP contribution in [0.15, 0.2) is 35.2 Å². The summed E-state index contributed by atoms with van der Waals surface area (Å²) in [5.74, 6) is 0.766. The molecule has 5 nitrogen and oxygen atoms in total. The molecule has 1 aliphatic rings. The maximum atomic E-state index is 12.8. The number of likely N-dealkylation sites (tertiary alicyclic amines) is 1. The molecule has 1 aliphatic heterocycles. The highest BCUT2D eigenvalue weighted by Crippen LogP contribution is 2.28. The van der Waals surface area contributed by atoms with Crippen molar-refractivity contribution in [3.63, 3.8) is 0 Å². The van der Waals surface area contributed by atoms with Gasteiger partial charge < -0.3 is 9.42 Å². The molecule has 1 fully saturated rings. The van der Waals surface area contributed by atoms with Gasteiger partial charge in [-0.25, -0.2) is 0 Å². The van der Waals surface area contributed by atoms with E-state index in [1.54, 1.807) is 0 Å². The van der Waals surface area contributed by atoms with E-state index in [0.717, 1.165) is 37.8 Å². The van der Waals surface area contributed by atoms with Crippen LogP contribution in [-0.4, -0.2) is 27.5 Å². The first kappa shape index (κ1) is 14.8. The quantitative estimate of drug-likeness (QED) is 0.874. The summed E-state index contributed by atoms with van der Waals surface area (Å²) in [6.45, 7) is 2.81. The van der Waals surface area contributed by atoms with E-state index < -0.39 is 0 Å². The van der Waals surface area contributed by atoms with Gasteiger partial charge in [0.05, 0.1) is 12.5 Å². The van der Waals surface area contributed by atoms with Crippen LogP contribution in [0.3, 0.4) is 0 Å². The van der Waals surface area contributed by atoms with Gasteiger partial charge in [0.2, 0.25) is 12.3 Å². The number of nitrogens with zero attached hydrogens (tertiary/aromatic N) is 3. The van der Waals surface area contributed by atoms with Crippen molar-refractivity contribution in [3.8, 4) is 0 Å². The summed E-state index contributed by atoms with van der Waals surface area (Å²) in [5.41, 5.74) is 2.23. The Balaban J connectivity index is 1.78. The summed E-state index contributed by atoms with van der Waals surface area (Å²) < 4.78 is 4.87. The highest BCUT2D eigenvalue weighted by atomic mass is 16.5. The first-order valence-electron chi connectivity index (χ1n) is 7.85. The van der Waals surface area contributed by atoms with Crippen molar-refractivity contribution < 1.29 is 9.32 Å². The third-order valence-electron chi connectivity index (χ3n) is 4.19. The Bertz CT molecular complexity index is 625. The van der Waals surface area contributed by atoms with Gasteiger partial charge in [0.15, 0.2) is 5.82 Å². The molecule has 5 heteroatoms. The lowest BCUT2D eigenvalue weighted by Crippen LogP contribution is -2.36. The monoisotopic (exact) mass is 299 g/mol. The van der Waals surface area contributed by atoms with Crippen molar-refractivity contribution >= 4 is 5.91 Å². The molecule has 0 saturated carbocycles. The fourth-order valence-electron chi connectivity index (χ4n) is 3.10. The third-order valence-corrected chi connectivity index (χ3v) is 4.19. The van der Waals surface area contributed by atoms with Crippen molar-refractivity contribution in [3.05, 3.63) is 47.6 Å². The minimum absolute atomic E-state index is 0.0569. The van der Waals surface area contributed by atoms with Gasteiger partial charge in [-0.2, -0.15) is 4.98 Å². The van der Waals surface area contributed by atoms with Crippen molar-refractivity contribution in [1.82, 2.24) is 15.0 Å². The molecule has 2 aromatic rings. The highest BCUT2D eigenvalue weighted by molar-refractivity contribution is 5.79. The molecule has 1 aromatic heterocycles. The van der Waals surface area contributed by atoms with E-state index in [2.05, 4.69) is 16.2 Å². The number of benzene rings is 1. The molecular formula is C17H21N3O2. The molecule has 2 heterocycles. The van der Waals surface area contributed by atoms with Gasteiger partial charge in [0.25, 0.3) is 0 Å². The first-order valence-corrected chi connectivity index (χ1v) is 7.85. The van der Waals surface area contributed by atoms with Crippen molar-refractivity contribution in [2.45, 2.75) is 45.1 Å². The molecule has 116 valence electrons. The van der Waals surface area contributed by atoms with E-state index in [4.69, 9.17) is 4.52 Å². The summed E-state index contributed by atoms with van der Waals surface area (Å²) in [7, 11) is 0. The van der Waals surface area contributed by atoms with Crippen LogP contribution in [0.4, 0.5) is 0 Å². The lowest BCUT2D eigenvalue weighted by atomic mass is 10.1. The Kier molecular flexibility index (Phi) is 4.51. The summed E-state index contributed by atoms with van der Waals surface area (Å²) in [6.07, 6.45) is 5.93. The lowest BCUT2D eigenvalue weighted by molar-refractivity contribution is -0.133. The maximum Gasteiger partial charge on any atom is 0.227 e. The summed E-state index contributed by atoms with van der Waals surface area (Å²) >= 11 is 0. The molecule has 1 saturated heterocycles. The molecule has 3 rings (SSSR count). The molecule has 1 unspecified atom stereocenters. The van der Waals surface area contributed by atoms with Gasteiger partial charge in [-0.15, -0.1) is 0 Å². The summed E-state index contributed by atoms with van der Waals surface area (Å²) in [6, 6.07) is 8.06. The van der Waals surface area contributed by atoms with E-state index in [9.17, 15) is 4.79 Å². The molecule has 22 heavy (non-hydrogen) atoms. The zero-order valence-corrected chi connectivity index (χ0v) is 12.9. The summed E-state index contributed by atoms with van der Waals surface area (Å²) in [5, 5.41) is 3.96. The fourth-order valence-corrected chi connectivity index (χ4v) is 3.10. The van der Waals surface area contributed by atoms with Crippen LogP contribution >= 0.6 is 0 Å². The molecule has 0 N–H and O–H groups in total. The Morgan fingerprint density at radius 1 is 1.36 bits per heavy atom. The lowest BCUT2D eigenvalue weighted by Gasteiger charge is -2.28. The van der Waals surface area contributed by atoms with Crippen molar-refractivity contribution in [1.29, 1.82) is 0 Å². The second-order valence-corrected chi connectivity index (χ2v) is 5.91. The largest absolute Gasteiger partial charge is 0.343 e. The number of amides is 1. The zero-order chi connectivity index (χ0) is 15.4. The number of carbonyl (C=O) groups is 1. The van der Waals surface area contributed by atoms with Gasteiger partial charge in [0, 0.05) is 6.54 Å². The fraction of sp³-hybridized carbons (Fsp3) is 0.471. The number of hydrogen-bond donors (Lipinski definition) is 0. The van der Waals surface area contributed by atoms with Crippen LogP contribution in [0.1, 0.15) is 48.7 Å². The number of aromatic nitrogens is 2. The second kappa shape index (κ2) is 6.73.